The highest BCUT2D eigenvalue weighted by atomic mass is 127. The predicted octanol–water partition coefficient (Wildman–Crippen LogP) is 3.24. The molecule has 2 heterocycles. The van der Waals surface area contributed by atoms with Gasteiger partial charge in [-0.2, -0.15) is 0 Å². The number of halogens is 1. The Morgan fingerprint density at radius 3 is 2.70 bits per heavy atom. The van der Waals surface area contributed by atoms with Crippen LogP contribution in [0, 0.1) is 5.92 Å². The summed E-state index contributed by atoms with van der Waals surface area (Å²) in [5, 5.41) is 6.88. The third-order valence-corrected chi connectivity index (χ3v) is 6.06. The van der Waals surface area contributed by atoms with E-state index in [0.717, 1.165) is 50.6 Å². The second kappa shape index (κ2) is 12.5. The topological polar surface area (TPSA) is 73.1 Å². The van der Waals surface area contributed by atoms with Crippen LogP contribution in [0.4, 0.5) is 0 Å². The molecule has 0 radical (unpaired) electrons. The van der Waals surface area contributed by atoms with E-state index in [4.69, 9.17) is 9.41 Å². The molecule has 1 aromatic heterocycles. The second-order valence-electron chi connectivity index (χ2n) is 8.46. The monoisotopic (exact) mass is 531 g/mol. The lowest BCUT2D eigenvalue weighted by atomic mass is 9.88. The summed E-state index contributed by atoms with van der Waals surface area (Å²) in [6.45, 7) is 5.10. The summed E-state index contributed by atoms with van der Waals surface area (Å²) in [5.41, 5.74) is 0. The van der Waals surface area contributed by atoms with Gasteiger partial charge >= 0.3 is 0 Å². The van der Waals surface area contributed by atoms with Crippen LogP contribution in [0.2, 0.25) is 0 Å². The highest BCUT2D eigenvalue weighted by Crippen LogP contribution is 2.26. The number of nitrogens with one attached hydrogen (secondary N) is 2. The van der Waals surface area contributed by atoms with Gasteiger partial charge in [0.05, 0.1) is 18.8 Å². The molecule has 1 saturated carbocycles. The zero-order valence-corrected chi connectivity index (χ0v) is 20.9. The van der Waals surface area contributed by atoms with E-state index in [0.29, 0.717) is 12.5 Å². The molecule has 3 rings (SSSR count). The van der Waals surface area contributed by atoms with Crippen molar-refractivity contribution < 1.29 is 9.21 Å². The van der Waals surface area contributed by atoms with E-state index in [1.165, 1.54) is 19.3 Å². The summed E-state index contributed by atoms with van der Waals surface area (Å²) in [5.74, 6) is 2.34. The van der Waals surface area contributed by atoms with Crippen LogP contribution in [0.25, 0.3) is 0 Å². The summed E-state index contributed by atoms with van der Waals surface area (Å²) >= 11 is 0. The maximum absolute atomic E-state index is 12.8. The number of likely N-dealkylation sites (N-methyl/N-ethyl adjacent to an activating group) is 1. The zero-order valence-electron chi connectivity index (χ0n) is 18.6. The van der Waals surface area contributed by atoms with Crippen molar-refractivity contribution in [3.05, 3.63) is 24.2 Å². The first kappa shape index (κ1) is 25.0. The van der Waals surface area contributed by atoms with Crippen molar-refractivity contribution in [2.24, 2.45) is 10.9 Å². The number of hydrogen-bond donors (Lipinski definition) is 2. The standard InChI is InChI=1S/C22H37N5O2.HI/c1-4-23-22(24-15-19(26(2)3)20-11-8-14-29-20)25-18-12-13-27(16-18)21(28)17-9-6-5-7-10-17;/h8,11,14,17-19H,4-7,9-10,12-13,15-16H2,1-3H3,(H2,23,24,25);1H. The smallest absolute Gasteiger partial charge is 0.225 e. The molecule has 1 amide bonds. The van der Waals surface area contributed by atoms with Crippen LogP contribution in [0.5, 0.6) is 0 Å². The van der Waals surface area contributed by atoms with Crippen molar-refractivity contribution in [2.75, 3.05) is 40.3 Å². The first-order valence-corrected chi connectivity index (χ1v) is 11.1. The molecule has 30 heavy (non-hydrogen) atoms. The maximum atomic E-state index is 12.8. The number of likely N-dealkylation sites (tertiary alicyclic amines) is 1. The van der Waals surface area contributed by atoms with Crippen LogP contribution in [0.3, 0.4) is 0 Å². The molecule has 7 nitrogen and oxygen atoms in total. The number of carbonyl (C=O) groups is 1. The molecule has 170 valence electrons. The molecule has 0 bridgehead atoms. The molecule has 0 spiro atoms. The van der Waals surface area contributed by atoms with Gasteiger partial charge in [-0.05, 0) is 52.4 Å². The minimum atomic E-state index is 0. The Kier molecular flexibility index (Phi) is 10.4. The van der Waals surface area contributed by atoms with Gasteiger partial charge in [0, 0.05) is 31.6 Å². The number of hydrogen-bond acceptors (Lipinski definition) is 4. The number of aliphatic imine (C=N–C) groups is 1. The lowest BCUT2D eigenvalue weighted by Crippen LogP contribution is -2.46. The summed E-state index contributed by atoms with van der Waals surface area (Å²) in [4.78, 5) is 21.8. The third-order valence-electron chi connectivity index (χ3n) is 6.06. The number of carbonyl (C=O) groups excluding carboxylic acids is 1. The molecule has 2 fully saturated rings. The minimum Gasteiger partial charge on any atom is -0.468 e. The van der Waals surface area contributed by atoms with Gasteiger partial charge in [-0.25, -0.2) is 0 Å². The normalized spacial score (nSPS) is 21.4. The summed E-state index contributed by atoms with van der Waals surface area (Å²) in [7, 11) is 4.07. The third kappa shape index (κ3) is 6.87. The van der Waals surface area contributed by atoms with Crippen molar-refractivity contribution in [3.8, 4) is 0 Å². The van der Waals surface area contributed by atoms with Crippen LogP contribution >= 0.6 is 24.0 Å². The first-order chi connectivity index (χ1) is 14.1. The van der Waals surface area contributed by atoms with Crippen LogP contribution in [0.1, 0.15) is 57.3 Å². The molecular weight excluding hydrogens is 493 g/mol. The average Bonchev–Trinajstić information content (AvgIpc) is 3.40. The second-order valence-corrected chi connectivity index (χ2v) is 8.46. The summed E-state index contributed by atoms with van der Waals surface area (Å²) < 4.78 is 5.58. The molecule has 1 saturated heterocycles. The number of rotatable bonds is 7. The van der Waals surface area contributed by atoms with Crippen LogP contribution in [-0.4, -0.2) is 68.0 Å². The fourth-order valence-corrected chi connectivity index (χ4v) is 4.37. The van der Waals surface area contributed by atoms with E-state index in [-0.39, 0.29) is 42.0 Å². The van der Waals surface area contributed by atoms with Gasteiger partial charge < -0.3 is 20.0 Å². The van der Waals surface area contributed by atoms with Gasteiger partial charge in [0.15, 0.2) is 5.96 Å². The first-order valence-electron chi connectivity index (χ1n) is 11.1. The largest absolute Gasteiger partial charge is 0.468 e. The van der Waals surface area contributed by atoms with Gasteiger partial charge in [0.25, 0.3) is 0 Å². The number of guanidine groups is 1. The van der Waals surface area contributed by atoms with Gasteiger partial charge in [0.1, 0.15) is 5.76 Å². The zero-order chi connectivity index (χ0) is 20.6. The molecule has 1 aliphatic carbocycles. The van der Waals surface area contributed by atoms with Crippen LogP contribution < -0.4 is 10.6 Å². The SMILES string of the molecule is CCNC(=NCC(c1ccco1)N(C)C)NC1CCN(C(=O)C2CCCCC2)C1.I. The highest BCUT2D eigenvalue weighted by Gasteiger charge is 2.31. The molecule has 8 heteroatoms. The number of furan rings is 1. The van der Waals surface area contributed by atoms with Gasteiger partial charge in [0.2, 0.25) is 5.91 Å². The van der Waals surface area contributed by atoms with Crippen LogP contribution in [0.15, 0.2) is 27.8 Å². The van der Waals surface area contributed by atoms with Crippen molar-refractivity contribution in [1.82, 2.24) is 20.4 Å². The lowest BCUT2D eigenvalue weighted by molar-refractivity contribution is -0.135. The van der Waals surface area contributed by atoms with Gasteiger partial charge in [-0.1, -0.05) is 19.3 Å². The minimum absolute atomic E-state index is 0. The fraction of sp³-hybridized carbons (Fsp3) is 0.727. The Balaban J connectivity index is 0.00000320. The van der Waals surface area contributed by atoms with Crippen molar-refractivity contribution in [1.29, 1.82) is 0 Å². The summed E-state index contributed by atoms with van der Waals surface area (Å²) in [6.07, 6.45) is 8.49. The quantitative estimate of drug-likeness (QED) is 0.321. The Morgan fingerprint density at radius 2 is 2.07 bits per heavy atom. The van der Waals surface area contributed by atoms with Gasteiger partial charge in [-0.15, -0.1) is 24.0 Å². The Labute approximate surface area is 198 Å². The molecule has 2 atom stereocenters. The van der Waals surface area contributed by atoms with Gasteiger partial charge in [-0.3, -0.25) is 14.7 Å². The number of amides is 1. The van der Waals surface area contributed by atoms with Crippen molar-refractivity contribution in [3.63, 3.8) is 0 Å². The Hall–Kier alpha value is -1.29. The molecule has 2 unspecified atom stereocenters. The molecular formula is C22H38IN5O2. The van der Waals surface area contributed by atoms with E-state index in [2.05, 4.69) is 27.4 Å². The van der Waals surface area contributed by atoms with E-state index >= 15 is 0 Å². The fourth-order valence-electron chi connectivity index (χ4n) is 4.37. The molecule has 2 aliphatic rings. The van der Waals surface area contributed by atoms with E-state index in [1.807, 2.05) is 26.2 Å². The van der Waals surface area contributed by atoms with E-state index in [9.17, 15) is 4.79 Å². The Bertz CT molecular complexity index is 658. The Morgan fingerprint density at radius 1 is 1.30 bits per heavy atom. The van der Waals surface area contributed by atoms with E-state index < -0.39 is 0 Å². The van der Waals surface area contributed by atoms with Crippen molar-refractivity contribution in [2.45, 2.75) is 57.5 Å². The maximum Gasteiger partial charge on any atom is 0.225 e. The van der Waals surface area contributed by atoms with Crippen LogP contribution in [-0.2, 0) is 4.79 Å². The molecule has 2 N–H and O–H groups in total. The number of nitrogens with zero attached hydrogens (tertiary/aromatic N) is 3. The van der Waals surface area contributed by atoms with E-state index in [1.54, 1.807) is 6.26 Å². The average molecular weight is 531 g/mol. The lowest BCUT2D eigenvalue weighted by Gasteiger charge is -2.26. The molecule has 1 aromatic rings. The molecule has 0 aromatic carbocycles. The highest BCUT2D eigenvalue weighted by molar-refractivity contribution is 14.0. The summed E-state index contributed by atoms with van der Waals surface area (Å²) in [6, 6.07) is 4.25. The molecule has 1 aliphatic heterocycles. The predicted molar refractivity (Wildman–Crippen MR) is 131 cm³/mol. The van der Waals surface area contributed by atoms with Crippen molar-refractivity contribution >= 4 is 35.8 Å².